The highest BCUT2D eigenvalue weighted by Crippen LogP contribution is 2.44. The zero-order valence-corrected chi connectivity index (χ0v) is 13.6. The highest BCUT2D eigenvalue weighted by molar-refractivity contribution is 7.80. The van der Waals surface area contributed by atoms with Crippen molar-refractivity contribution in [3.63, 3.8) is 0 Å². The molecule has 0 bridgehead atoms. The maximum Gasteiger partial charge on any atom is 0.437 e. The van der Waals surface area contributed by atoms with Crippen LogP contribution in [0.3, 0.4) is 0 Å². The number of hydrogen-bond acceptors (Lipinski definition) is 6. The SMILES string of the molecule is CCOC(=O)[C@@H]1[C@@H](c2ccc(O)c(O)c2)NC(=S)N[C@]1(O)C(F)(F)F. The van der Waals surface area contributed by atoms with Crippen molar-refractivity contribution >= 4 is 23.3 Å². The van der Waals surface area contributed by atoms with Crippen LogP contribution in [0.2, 0.25) is 0 Å². The Hall–Kier alpha value is -2.27. The first-order valence-corrected chi connectivity index (χ1v) is 7.48. The first-order valence-electron chi connectivity index (χ1n) is 7.07. The summed E-state index contributed by atoms with van der Waals surface area (Å²) in [6, 6.07) is 1.71. The maximum absolute atomic E-state index is 13.5. The van der Waals surface area contributed by atoms with Crippen LogP contribution in [0.15, 0.2) is 18.2 Å². The minimum Gasteiger partial charge on any atom is -0.504 e. The monoisotopic (exact) mass is 380 g/mol. The Morgan fingerprint density at radius 2 is 2.00 bits per heavy atom. The zero-order valence-electron chi connectivity index (χ0n) is 12.8. The molecule has 3 atom stereocenters. The molecule has 1 aliphatic rings. The van der Waals surface area contributed by atoms with Gasteiger partial charge < -0.3 is 30.7 Å². The molecule has 0 saturated carbocycles. The summed E-state index contributed by atoms with van der Waals surface area (Å²) in [7, 11) is 0. The van der Waals surface area contributed by atoms with Gasteiger partial charge in [-0.15, -0.1) is 0 Å². The molecule has 138 valence electrons. The summed E-state index contributed by atoms with van der Waals surface area (Å²) in [5.41, 5.74) is -3.69. The van der Waals surface area contributed by atoms with Gasteiger partial charge in [-0.2, -0.15) is 13.2 Å². The number of carbonyl (C=O) groups is 1. The Balaban J connectivity index is 2.59. The van der Waals surface area contributed by atoms with Crippen molar-refractivity contribution in [3.8, 4) is 11.5 Å². The Morgan fingerprint density at radius 3 is 2.52 bits per heavy atom. The standard InChI is InChI=1S/C14H15F3N2O5S/c1-2-24-11(22)9-10(6-3-4-7(20)8(21)5-6)18-12(25)19-13(9,23)14(15,16)17/h3-5,9-10,20-21,23H,2H2,1H3,(H2,18,19,25)/t9-,10+,13+/m0/s1. The average Bonchev–Trinajstić information content (AvgIpc) is 2.48. The molecule has 0 aliphatic carbocycles. The molecule has 2 rings (SSSR count). The molecule has 5 N–H and O–H groups in total. The Labute approximate surface area is 145 Å². The van der Waals surface area contributed by atoms with Crippen LogP contribution in [0.5, 0.6) is 11.5 Å². The summed E-state index contributed by atoms with van der Waals surface area (Å²) < 4.78 is 45.1. The third-order valence-corrected chi connectivity index (χ3v) is 3.93. The number of aromatic hydroxyl groups is 2. The van der Waals surface area contributed by atoms with Gasteiger partial charge in [-0.1, -0.05) is 6.07 Å². The second-order valence-corrected chi connectivity index (χ2v) is 5.73. The van der Waals surface area contributed by atoms with E-state index in [4.69, 9.17) is 12.2 Å². The molecule has 1 aromatic rings. The molecule has 0 amide bonds. The van der Waals surface area contributed by atoms with Crippen molar-refractivity contribution in [1.29, 1.82) is 0 Å². The molecule has 1 fully saturated rings. The summed E-state index contributed by atoms with van der Waals surface area (Å²) in [4.78, 5) is 12.2. The van der Waals surface area contributed by atoms with Crippen molar-refractivity contribution in [1.82, 2.24) is 10.6 Å². The van der Waals surface area contributed by atoms with E-state index in [0.717, 1.165) is 12.1 Å². The third kappa shape index (κ3) is 3.42. The van der Waals surface area contributed by atoms with Crippen LogP contribution in [-0.2, 0) is 9.53 Å². The quantitative estimate of drug-likeness (QED) is 0.301. The Bertz CT molecular complexity index is 700. The molecule has 1 aromatic carbocycles. The van der Waals surface area contributed by atoms with E-state index in [2.05, 4.69) is 10.1 Å². The maximum atomic E-state index is 13.5. The van der Waals surface area contributed by atoms with Crippen LogP contribution < -0.4 is 10.6 Å². The van der Waals surface area contributed by atoms with Gasteiger partial charge >= 0.3 is 12.1 Å². The largest absolute Gasteiger partial charge is 0.504 e. The van der Waals surface area contributed by atoms with Gasteiger partial charge in [0.05, 0.1) is 12.6 Å². The van der Waals surface area contributed by atoms with Gasteiger partial charge in [-0.3, -0.25) is 4.79 Å². The van der Waals surface area contributed by atoms with Crippen LogP contribution in [0.4, 0.5) is 13.2 Å². The molecule has 0 unspecified atom stereocenters. The van der Waals surface area contributed by atoms with Gasteiger partial charge in [-0.25, -0.2) is 0 Å². The summed E-state index contributed by atoms with van der Waals surface area (Å²) in [5, 5.41) is 32.8. The summed E-state index contributed by atoms with van der Waals surface area (Å²) in [6.07, 6.45) is -5.26. The number of hydrogen-bond donors (Lipinski definition) is 5. The van der Waals surface area contributed by atoms with Crippen molar-refractivity contribution in [3.05, 3.63) is 23.8 Å². The van der Waals surface area contributed by atoms with Gasteiger partial charge in [0.25, 0.3) is 5.72 Å². The zero-order chi connectivity index (χ0) is 19.0. The van der Waals surface area contributed by atoms with Crippen molar-refractivity contribution < 1.29 is 38.0 Å². The molecule has 11 heteroatoms. The third-order valence-electron chi connectivity index (χ3n) is 3.71. The fourth-order valence-electron chi connectivity index (χ4n) is 2.55. The first kappa shape index (κ1) is 19.1. The molecule has 1 aliphatic heterocycles. The van der Waals surface area contributed by atoms with Gasteiger partial charge in [0.15, 0.2) is 16.6 Å². The van der Waals surface area contributed by atoms with Gasteiger partial charge in [0.1, 0.15) is 5.92 Å². The number of phenols is 2. The molecule has 0 aromatic heterocycles. The molecule has 25 heavy (non-hydrogen) atoms. The minimum absolute atomic E-state index is 0.0140. The fourth-order valence-corrected chi connectivity index (χ4v) is 2.83. The van der Waals surface area contributed by atoms with E-state index >= 15 is 0 Å². The van der Waals surface area contributed by atoms with E-state index in [9.17, 15) is 33.3 Å². The number of nitrogens with one attached hydrogen (secondary N) is 2. The number of rotatable bonds is 3. The molecule has 0 spiro atoms. The summed E-state index contributed by atoms with van der Waals surface area (Å²) >= 11 is 4.72. The number of thiocarbonyl (C=S) groups is 1. The predicted molar refractivity (Wildman–Crippen MR) is 82.5 cm³/mol. The van der Waals surface area contributed by atoms with E-state index in [1.165, 1.54) is 13.0 Å². The van der Waals surface area contributed by atoms with Crippen molar-refractivity contribution in [2.24, 2.45) is 5.92 Å². The number of ether oxygens (including phenoxy) is 1. The van der Waals surface area contributed by atoms with Gasteiger partial charge in [0, 0.05) is 0 Å². The second-order valence-electron chi connectivity index (χ2n) is 5.32. The van der Waals surface area contributed by atoms with E-state index in [-0.39, 0.29) is 12.2 Å². The number of alkyl halides is 3. The van der Waals surface area contributed by atoms with Crippen molar-refractivity contribution in [2.75, 3.05) is 6.61 Å². The average molecular weight is 380 g/mol. The van der Waals surface area contributed by atoms with E-state index in [1.807, 2.05) is 0 Å². The lowest BCUT2D eigenvalue weighted by Gasteiger charge is -2.45. The minimum atomic E-state index is -5.26. The lowest BCUT2D eigenvalue weighted by molar-refractivity contribution is -0.292. The molecule has 7 nitrogen and oxygen atoms in total. The highest BCUT2D eigenvalue weighted by atomic mass is 32.1. The smallest absolute Gasteiger partial charge is 0.437 e. The molecular formula is C14H15F3N2O5S. The fraction of sp³-hybridized carbons (Fsp3) is 0.429. The van der Waals surface area contributed by atoms with E-state index < -0.39 is 46.4 Å². The predicted octanol–water partition coefficient (Wildman–Crippen LogP) is 1.05. The summed E-state index contributed by atoms with van der Waals surface area (Å²) in [6.45, 7) is 1.20. The van der Waals surface area contributed by atoms with Crippen LogP contribution in [0, 0.1) is 5.92 Å². The van der Waals surface area contributed by atoms with Gasteiger partial charge in [0.2, 0.25) is 0 Å². The Kier molecular flexibility index (Phi) is 5.00. The number of esters is 1. The lowest BCUT2D eigenvalue weighted by atomic mass is 9.82. The molecule has 1 saturated heterocycles. The Morgan fingerprint density at radius 1 is 1.36 bits per heavy atom. The molecule has 0 radical (unpaired) electrons. The normalized spacial score (nSPS) is 26.5. The number of halogens is 3. The number of carbonyl (C=O) groups excluding carboxylic acids is 1. The van der Waals surface area contributed by atoms with E-state index in [0.29, 0.717) is 0 Å². The first-order chi connectivity index (χ1) is 11.5. The molecular weight excluding hydrogens is 365 g/mol. The van der Waals surface area contributed by atoms with Crippen LogP contribution >= 0.6 is 12.2 Å². The van der Waals surface area contributed by atoms with E-state index in [1.54, 1.807) is 5.32 Å². The highest BCUT2D eigenvalue weighted by Gasteiger charge is 2.66. The van der Waals surface area contributed by atoms with Gasteiger partial charge in [-0.05, 0) is 36.8 Å². The number of aliphatic hydroxyl groups is 1. The molecule has 1 heterocycles. The second kappa shape index (κ2) is 6.56. The number of phenolic OH excluding ortho intramolecular Hbond substituents is 2. The topological polar surface area (TPSA) is 111 Å². The van der Waals surface area contributed by atoms with Crippen LogP contribution in [-0.4, -0.2) is 44.9 Å². The lowest BCUT2D eigenvalue weighted by Crippen LogP contribution is -2.73. The van der Waals surface area contributed by atoms with Crippen molar-refractivity contribution in [2.45, 2.75) is 24.9 Å². The summed E-state index contributed by atoms with van der Waals surface area (Å²) in [5.74, 6) is -4.59. The van der Waals surface area contributed by atoms with Crippen LogP contribution in [0.1, 0.15) is 18.5 Å². The number of benzene rings is 1. The van der Waals surface area contributed by atoms with Crippen LogP contribution in [0.25, 0.3) is 0 Å².